The molecule has 0 amide bonds. The molecule has 1 heterocycles. The topological polar surface area (TPSA) is 44.5 Å². The van der Waals surface area contributed by atoms with E-state index in [-0.39, 0.29) is 0 Å². The average molecular weight is 228 g/mol. The van der Waals surface area contributed by atoms with Gasteiger partial charge in [0.25, 0.3) is 0 Å². The molecule has 82 valence electrons. The van der Waals surface area contributed by atoms with Crippen LogP contribution in [0.4, 0.5) is 0 Å². The van der Waals surface area contributed by atoms with Crippen LogP contribution in [0.1, 0.15) is 19.4 Å². The third-order valence-corrected chi connectivity index (χ3v) is 2.63. The van der Waals surface area contributed by atoms with Crippen molar-refractivity contribution in [3.8, 4) is 11.5 Å². The zero-order chi connectivity index (χ0) is 11.1. The first kappa shape index (κ1) is 10.6. The fourth-order valence-corrected chi connectivity index (χ4v) is 1.81. The number of hydrogen-bond donors (Lipinski definition) is 1. The van der Waals surface area contributed by atoms with Gasteiger partial charge >= 0.3 is 0 Å². The first-order valence-electron chi connectivity index (χ1n) is 4.87. The lowest BCUT2D eigenvalue weighted by atomic mass is 9.94. The maximum Gasteiger partial charge on any atom is 0.180 e. The molecule has 1 aliphatic heterocycles. The van der Waals surface area contributed by atoms with E-state index in [1.54, 1.807) is 6.07 Å². The predicted molar refractivity (Wildman–Crippen MR) is 59.7 cm³/mol. The lowest BCUT2D eigenvalue weighted by Gasteiger charge is -2.27. The SMILES string of the molecule is CC(C)(N)c1ccc(Cl)c2c1OCCO2. The van der Waals surface area contributed by atoms with Gasteiger partial charge in [0.2, 0.25) is 0 Å². The first-order valence-corrected chi connectivity index (χ1v) is 5.25. The normalized spacial score (nSPS) is 15.2. The smallest absolute Gasteiger partial charge is 0.180 e. The summed E-state index contributed by atoms with van der Waals surface area (Å²) in [5.74, 6) is 1.29. The summed E-state index contributed by atoms with van der Waals surface area (Å²) in [5, 5.41) is 0.567. The monoisotopic (exact) mass is 227 g/mol. The number of nitrogens with two attached hydrogens (primary N) is 1. The van der Waals surface area contributed by atoms with Gasteiger partial charge in [-0.2, -0.15) is 0 Å². The van der Waals surface area contributed by atoms with Crippen LogP contribution in [0, 0.1) is 0 Å². The van der Waals surface area contributed by atoms with Crippen molar-refractivity contribution in [2.75, 3.05) is 13.2 Å². The number of ether oxygens (including phenoxy) is 2. The molecule has 0 aromatic heterocycles. The van der Waals surface area contributed by atoms with Crippen LogP contribution in [0.15, 0.2) is 12.1 Å². The quantitative estimate of drug-likeness (QED) is 0.801. The molecule has 1 aliphatic rings. The molecule has 0 radical (unpaired) electrons. The number of hydrogen-bond acceptors (Lipinski definition) is 3. The minimum absolute atomic E-state index is 0.463. The minimum atomic E-state index is -0.463. The van der Waals surface area contributed by atoms with E-state index in [1.807, 2.05) is 19.9 Å². The molecule has 2 N–H and O–H groups in total. The van der Waals surface area contributed by atoms with Crippen LogP contribution >= 0.6 is 11.6 Å². The number of fused-ring (bicyclic) bond motifs is 1. The van der Waals surface area contributed by atoms with Crippen LogP contribution in [0.5, 0.6) is 11.5 Å². The van der Waals surface area contributed by atoms with E-state index < -0.39 is 5.54 Å². The fourth-order valence-electron chi connectivity index (χ4n) is 1.61. The first-order chi connectivity index (χ1) is 7.00. The van der Waals surface area contributed by atoms with Crippen molar-refractivity contribution in [3.63, 3.8) is 0 Å². The van der Waals surface area contributed by atoms with Gasteiger partial charge in [0.1, 0.15) is 13.2 Å². The van der Waals surface area contributed by atoms with Gasteiger partial charge in [-0.15, -0.1) is 0 Å². The molecular formula is C11H14ClNO2. The van der Waals surface area contributed by atoms with Crippen LogP contribution in [0.2, 0.25) is 5.02 Å². The fraction of sp³-hybridized carbons (Fsp3) is 0.455. The van der Waals surface area contributed by atoms with E-state index in [2.05, 4.69) is 0 Å². The number of rotatable bonds is 1. The molecule has 0 atom stereocenters. The second kappa shape index (κ2) is 3.58. The summed E-state index contributed by atoms with van der Waals surface area (Å²) in [5.41, 5.74) is 6.51. The minimum Gasteiger partial charge on any atom is -0.486 e. The average Bonchev–Trinajstić information content (AvgIpc) is 2.17. The standard InChI is InChI=1S/C11H14ClNO2/c1-11(2,13)7-3-4-8(12)10-9(7)14-5-6-15-10/h3-4H,5-6,13H2,1-2H3. The maximum atomic E-state index is 6.05. The molecule has 0 saturated heterocycles. The van der Waals surface area contributed by atoms with Crippen molar-refractivity contribution in [2.24, 2.45) is 5.73 Å². The summed E-state index contributed by atoms with van der Waals surface area (Å²) in [6.45, 7) is 4.92. The summed E-state index contributed by atoms with van der Waals surface area (Å²) in [6, 6.07) is 3.68. The Labute approximate surface area is 94.1 Å². The summed E-state index contributed by atoms with van der Waals surface area (Å²) in [4.78, 5) is 0. The highest BCUT2D eigenvalue weighted by Gasteiger charge is 2.26. The van der Waals surface area contributed by atoms with E-state index >= 15 is 0 Å². The zero-order valence-electron chi connectivity index (χ0n) is 8.84. The number of benzene rings is 1. The van der Waals surface area contributed by atoms with Gasteiger partial charge in [-0.1, -0.05) is 17.7 Å². The van der Waals surface area contributed by atoms with E-state index in [1.165, 1.54) is 0 Å². The van der Waals surface area contributed by atoms with Crippen molar-refractivity contribution in [3.05, 3.63) is 22.7 Å². The van der Waals surface area contributed by atoms with Crippen molar-refractivity contribution >= 4 is 11.6 Å². The van der Waals surface area contributed by atoms with E-state index in [4.69, 9.17) is 26.8 Å². The molecule has 1 aromatic carbocycles. The van der Waals surface area contributed by atoms with Gasteiger partial charge in [-0.05, 0) is 19.9 Å². The molecule has 1 aromatic rings. The number of halogens is 1. The second-order valence-corrected chi connectivity index (χ2v) is 4.58. The Kier molecular flexibility index (Phi) is 2.52. The third-order valence-electron chi connectivity index (χ3n) is 2.33. The Balaban J connectivity index is 2.58. The van der Waals surface area contributed by atoms with Gasteiger partial charge in [-0.3, -0.25) is 0 Å². The largest absolute Gasteiger partial charge is 0.486 e. The van der Waals surface area contributed by atoms with Crippen molar-refractivity contribution in [1.82, 2.24) is 0 Å². The van der Waals surface area contributed by atoms with E-state index in [0.717, 1.165) is 5.56 Å². The molecule has 3 nitrogen and oxygen atoms in total. The summed E-state index contributed by atoms with van der Waals surface area (Å²) < 4.78 is 11.1. The zero-order valence-corrected chi connectivity index (χ0v) is 9.60. The van der Waals surface area contributed by atoms with Gasteiger partial charge in [-0.25, -0.2) is 0 Å². The van der Waals surface area contributed by atoms with Crippen molar-refractivity contribution < 1.29 is 9.47 Å². The molecule has 0 fully saturated rings. The molecule has 0 spiro atoms. The van der Waals surface area contributed by atoms with Crippen LogP contribution in [0.3, 0.4) is 0 Å². The molecule has 0 bridgehead atoms. The van der Waals surface area contributed by atoms with Crippen molar-refractivity contribution in [2.45, 2.75) is 19.4 Å². The second-order valence-electron chi connectivity index (χ2n) is 4.17. The molecule has 15 heavy (non-hydrogen) atoms. The highest BCUT2D eigenvalue weighted by Crippen LogP contribution is 2.42. The van der Waals surface area contributed by atoms with Gasteiger partial charge in [0.15, 0.2) is 11.5 Å². The summed E-state index contributed by atoms with van der Waals surface area (Å²) in [7, 11) is 0. The van der Waals surface area contributed by atoms with Crippen LogP contribution in [-0.4, -0.2) is 13.2 Å². The van der Waals surface area contributed by atoms with Gasteiger partial charge < -0.3 is 15.2 Å². The Bertz CT molecular complexity index is 385. The molecule has 0 saturated carbocycles. The van der Waals surface area contributed by atoms with E-state index in [0.29, 0.717) is 29.7 Å². The van der Waals surface area contributed by atoms with Crippen molar-refractivity contribution in [1.29, 1.82) is 0 Å². The maximum absolute atomic E-state index is 6.05. The predicted octanol–water partition coefficient (Wildman–Crippen LogP) is 2.30. The Hall–Kier alpha value is -0.930. The summed E-state index contributed by atoms with van der Waals surface area (Å²) in [6.07, 6.45) is 0. The van der Waals surface area contributed by atoms with Gasteiger partial charge in [0.05, 0.1) is 5.02 Å². The highest BCUT2D eigenvalue weighted by atomic mass is 35.5. The Morgan fingerprint density at radius 3 is 2.40 bits per heavy atom. The van der Waals surface area contributed by atoms with Crippen LogP contribution in [-0.2, 0) is 5.54 Å². The molecule has 0 aliphatic carbocycles. The summed E-state index contributed by atoms with van der Waals surface area (Å²) >= 11 is 6.02. The Morgan fingerprint density at radius 1 is 1.20 bits per heavy atom. The molecule has 0 unspecified atom stereocenters. The molecule has 4 heteroatoms. The van der Waals surface area contributed by atoms with Gasteiger partial charge in [0, 0.05) is 11.1 Å². The van der Waals surface area contributed by atoms with Crippen LogP contribution in [0.25, 0.3) is 0 Å². The van der Waals surface area contributed by atoms with Crippen LogP contribution < -0.4 is 15.2 Å². The molecule has 2 rings (SSSR count). The van der Waals surface area contributed by atoms with E-state index in [9.17, 15) is 0 Å². The lowest BCUT2D eigenvalue weighted by Crippen LogP contribution is -2.30. The Morgan fingerprint density at radius 2 is 1.80 bits per heavy atom. The molecular weight excluding hydrogens is 214 g/mol. The lowest BCUT2D eigenvalue weighted by molar-refractivity contribution is 0.168. The highest BCUT2D eigenvalue weighted by molar-refractivity contribution is 6.32. The third kappa shape index (κ3) is 1.90.